The molecule has 5 nitrogen and oxygen atoms in total. The average molecular weight is 416 g/mol. The number of halogens is 1. The van der Waals surface area contributed by atoms with Gasteiger partial charge in [0.15, 0.2) is 0 Å². The van der Waals surface area contributed by atoms with E-state index in [1.54, 1.807) is 29.5 Å². The Hall–Kier alpha value is -2.61. The number of hydrogen-bond donors (Lipinski definition) is 2. The lowest BCUT2D eigenvalue weighted by Gasteiger charge is -2.10. The van der Waals surface area contributed by atoms with Crippen molar-refractivity contribution in [2.24, 2.45) is 0 Å². The molecule has 1 amide bonds. The molecule has 0 saturated carbocycles. The van der Waals surface area contributed by atoms with E-state index in [0.29, 0.717) is 27.0 Å². The minimum absolute atomic E-state index is 0.325. The van der Waals surface area contributed by atoms with Crippen molar-refractivity contribution in [1.29, 1.82) is 0 Å². The smallest absolute Gasteiger partial charge is 0.268 e. The van der Waals surface area contributed by atoms with Crippen LogP contribution in [0.4, 0.5) is 11.4 Å². The molecule has 4 rings (SSSR count). The van der Waals surface area contributed by atoms with Crippen molar-refractivity contribution >= 4 is 61.8 Å². The minimum atomic E-state index is -0.325. The van der Waals surface area contributed by atoms with Gasteiger partial charge in [0, 0.05) is 10.4 Å². The molecule has 0 saturated heterocycles. The molecular formula is C19H14ClN3O2S2. The molecule has 3 N–H and O–H groups in total. The van der Waals surface area contributed by atoms with Crippen LogP contribution in [-0.2, 0) is 0 Å². The summed E-state index contributed by atoms with van der Waals surface area (Å²) in [6, 6.07) is 12.8. The molecule has 136 valence electrons. The predicted molar refractivity (Wildman–Crippen MR) is 113 cm³/mol. The fraction of sp³-hybridized carbons (Fsp3) is 0.0526. The number of anilines is 2. The largest absolute Gasteiger partial charge is 0.495 e. The number of nitrogens with one attached hydrogen (secondary N) is 1. The number of methoxy groups -OCH3 is 1. The molecule has 0 radical (unpaired) electrons. The molecule has 0 unspecified atom stereocenters. The Balaban J connectivity index is 1.70. The topological polar surface area (TPSA) is 77.2 Å². The van der Waals surface area contributed by atoms with Crippen LogP contribution < -0.4 is 15.8 Å². The number of nitrogens with zero attached hydrogens (tertiary/aromatic N) is 1. The van der Waals surface area contributed by atoms with E-state index >= 15 is 0 Å². The Morgan fingerprint density at radius 2 is 2.11 bits per heavy atom. The van der Waals surface area contributed by atoms with Crippen LogP contribution in [0, 0.1) is 0 Å². The number of ether oxygens (including phenoxy) is 1. The number of carbonyl (C=O) groups is 1. The third-order valence-electron chi connectivity index (χ3n) is 3.98. The van der Waals surface area contributed by atoms with Gasteiger partial charge in [-0.1, -0.05) is 17.7 Å². The highest BCUT2D eigenvalue weighted by molar-refractivity contribution is 7.21. The lowest BCUT2D eigenvalue weighted by atomic mass is 10.2. The van der Waals surface area contributed by atoms with Gasteiger partial charge in [-0.05, 0) is 41.8 Å². The Morgan fingerprint density at radius 3 is 2.85 bits per heavy atom. The Bertz CT molecular complexity index is 1140. The summed E-state index contributed by atoms with van der Waals surface area (Å²) in [5, 5.41) is 6.09. The number of hydrogen-bond acceptors (Lipinski definition) is 6. The highest BCUT2D eigenvalue weighted by atomic mass is 35.5. The number of amides is 1. The molecule has 3 aromatic heterocycles. The van der Waals surface area contributed by atoms with Gasteiger partial charge in [0.1, 0.15) is 15.5 Å². The van der Waals surface area contributed by atoms with Crippen LogP contribution in [-0.4, -0.2) is 18.0 Å². The number of rotatable bonds is 4. The van der Waals surface area contributed by atoms with Gasteiger partial charge in [0.25, 0.3) is 5.91 Å². The molecule has 0 bridgehead atoms. The number of carbonyl (C=O) groups excluding carboxylic acids is 1. The van der Waals surface area contributed by atoms with Crippen LogP contribution in [0.5, 0.6) is 5.75 Å². The molecule has 0 atom stereocenters. The second-order valence-electron chi connectivity index (χ2n) is 5.67. The summed E-state index contributed by atoms with van der Waals surface area (Å²) in [5.41, 5.74) is 7.98. The van der Waals surface area contributed by atoms with E-state index in [9.17, 15) is 4.79 Å². The van der Waals surface area contributed by atoms with E-state index in [2.05, 4.69) is 10.3 Å². The van der Waals surface area contributed by atoms with Gasteiger partial charge in [-0.15, -0.1) is 22.7 Å². The molecule has 8 heteroatoms. The predicted octanol–water partition coefficient (Wildman–Crippen LogP) is 5.52. The standard InChI is InChI=1S/C19H14ClN3O2S2/c1-25-14-7-4-10(20)9-13(14)22-18(24)17-16(21)11-5-6-12(23-19(11)27-17)15-3-2-8-26-15/h2-9H,21H2,1H3,(H,22,24). The van der Waals surface area contributed by atoms with Crippen LogP contribution in [0.25, 0.3) is 20.8 Å². The van der Waals surface area contributed by atoms with Gasteiger partial charge < -0.3 is 15.8 Å². The highest BCUT2D eigenvalue weighted by Gasteiger charge is 2.19. The van der Waals surface area contributed by atoms with Gasteiger partial charge in [0.05, 0.1) is 29.1 Å². The summed E-state index contributed by atoms with van der Waals surface area (Å²) < 4.78 is 5.27. The molecule has 0 fully saturated rings. The first-order valence-corrected chi connectivity index (χ1v) is 10.0. The molecule has 0 aliphatic heterocycles. The molecular weight excluding hydrogens is 402 g/mol. The van der Waals surface area contributed by atoms with Crippen LogP contribution in [0.1, 0.15) is 9.67 Å². The lowest BCUT2D eigenvalue weighted by molar-refractivity contribution is 0.103. The number of fused-ring (bicyclic) bond motifs is 1. The SMILES string of the molecule is COc1ccc(Cl)cc1NC(=O)c1sc2nc(-c3cccs3)ccc2c1N. The minimum Gasteiger partial charge on any atom is -0.495 e. The fourth-order valence-electron chi connectivity index (χ4n) is 2.68. The van der Waals surface area contributed by atoms with Crippen LogP contribution in [0.15, 0.2) is 47.8 Å². The van der Waals surface area contributed by atoms with Crippen molar-refractivity contribution in [3.05, 3.63) is 57.7 Å². The van der Waals surface area contributed by atoms with Gasteiger partial charge in [0.2, 0.25) is 0 Å². The Labute approximate surface area is 168 Å². The van der Waals surface area contributed by atoms with Gasteiger partial charge >= 0.3 is 0 Å². The van der Waals surface area contributed by atoms with Crippen LogP contribution in [0.3, 0.4) is 0 Å². The average Bonchev–Trinajstić information content (AvgIpc) is 3.30. The molecule has 1 aromatic carbocycles. The van der Waals surface area contributed by atoms with E-state index in [1.165, 1.54) is 18.4 Å². The summed E-state index contributed by atoms with van der Waals surface area (Å²) in [6.45, 7) is 0. The van der Waals surface area contributed by atoms with Crippen molar-refractivity contribution in [2.45, 2.75) is 0 Å². The maximum atomic E-state index is 12.8. The van der Waals surface area contributed by atoms with E-state index in [-0.39, 0.29) is 5.91 Å². The summed E-state index contributed by atoms with van der Waals surface area (Å²) in [5.74, 6) is 0.194. The third-order valence-corrected chi connectivity index (χ3v) is 6.22. The van der Waals surface area contributed by atoms with Gasteiger partial charge in [-0.3, -0.25) is 4.79 Å². The molecule has 0 aliphatic rings. The first kappa shape index (κ1) is 17.8. The quantitative estimate of drug-likeness (QED) is 0.460. The maximum Gasteiger partial charge on any atom is 0.268 e. The van der Waals surface area contributed by atoms with E-state index in [4.69, 9.17) is 22.1 Å². The number of thiophene rings is 2. The number of benzene rings is 1. The Kier molecular flexibility index (Phi) is 4.73. The van der Waals surface area contributed by atoms with Crippen LogP contribution in [0.2, 0.25) is 5.02 Å². The molecule has 3 heterocycles. The molecule has 0 aliphatic carbocycles. The van der Waals surface area contributed by atoms with E-state index in [0.717, 1.165) is 20.8 Å². The monoisotopic (exact) mass is 415 g/mol. The number of aromatic nitrogens is 1. The zero-order valence-electron chi connectivity index (χ0n) is 14.2. The maximum absolute atomic E-state index is 12.8. The zero-order valence-corrected chi connectivity index (χ0v) is 16.5. The number of nitrogens with two attached hydrogens (primary N) is 1. The van der Waals surface area contributed by atoms with Crippen molar-refractivity contribution in [1.82, 2.24) is 4.98 Å². The van der Waals surface area contributed by atoms with E-state index < -0.39 is 0 Å². The highest BCUT2D eigenvalue weighted by Crippen LogP contribution is 2.36. The summed E-state index contributed by atoms with van der Waals surface area (Å²) in [4.78, 5) is 19.6. The first-order valence-electron chi connectivity index (χ1n) is 7.94. The first-order chi connectivity index (χ1) is 13.1. The van der Waals surface area contributed by atoms with Crippen molar-refractivity contribution in [3.8, 4) is 16.3 Å². The second kappa shape index (κ2) is 7.19. The molecule has 0 spiro atoms. The number of pyridine rings is 1. The summed E-state index contributed by atoms with van der Waals surface area (Å²) in [7, 11) is 1.53. The van der Waals surface area contributed by atoms with Crippen LogP contribution >= 0.6 is 34.3 Å². The second-order valence-corrected chi connectivity index (χ2v) is 8.05. The van der Waals surface area contributed by atoms with Crippen molar-refractivity contribution in [3.63, 3.8) is 0 Å². The van der Waals surface area contributed by atoms with Crippen molar-refractivity contribution < 1.29 is 9.53 Å². The number of nitrogen functional groups attached to an aromatic ring is 1. The Morgan fingerprint density at radius 1 is 1.26 bits per heavy atom. The van der Waals surface area contributed by atoms with Gasteiger partial charge in [-0.2, -0.15) is 0 Å². The molecule has 4 aromatic rings. The summed E-state index contributed by atoms with van der Waals surface area (Å²) >= 11 is 8.90. The normalized spacial score (nSPS) is 10.9. The third kappa shape index (κ3) is 3.37. The van der Waals surface area contributed by atoms with Crippen molar-refractivity contribution in [2.75, 3.05) is 18.2 Å². The zero-order chi connectivity index (χ0) is 19.0. The molecule has 27 heavy (non-hydrogen) atoms. The lowest BCUT2D eigenvalue weighted by Crippen LogP contribution is -2.12. The van der Waals surface area contributed by atoms with E-state index in [1.807, 2.05) is 29.6 Å². The fourth-order valence-corrected chi connectivity index (χ4v) is 4.54. The summed E-state index contributed by atoms with van der Waals surface area (Å²) in [6.07, 6.45) is 0. The van der Waals surface area contributed by atoms with Gasteiger partial charge in [-0.25, -0.2) is 4.98 Å².